The van der Waals surface area contributed by atoms with Gasteiger partial charge in [0.25, 0.3) is 5.91 Å². The van der Waals surface area contributed by atoms with Gasteiger partial charge in [-0.1, -0.05) is 24.3 Å². The zero-order valence-corrected chi connectivity index (χ0v) is 12.4. The van der Waals surface area contributed by atoms with E-state index in [1.165, 1.54) is 6.92 Å². The number of anilines is 2. The second-order valence-corrected chi connectivity index (χ2v) is 4.93. The Bertz CT molecular complexity index is 693. The Kier molecular flexibility index (Phi) is 4.38. The topological polar surface area (TPSA) is 58.2 Å². The van der Waals surface area contributed by atoms with Crippen LogP contribution < -0.4 is 10.6 Å². The molecule has 0 atom stereocenters. The minimum atomic E-state index is -0.156. The van der Waals surface area contributed by atoms with Crippen molar-refractivity contribution in [2.24, 2.45) is 0 Å². The molecule has 0 heterocycles. The average molecular weight is 282 g/mol. The molecule has 0 saturated carbocycles. The lowest BCUT2D eigenvalue weighted by Crippen LogP contribution is -2.15. The zero-order chi connectivity index (χ0) is 15.4. The lowest BCUT2D eigenvalue weighted by molar-refractivity contribution is -0.114. The van der Waals surface area contributed by atoms with Crippen molar-refractivity contribution in [1.82, 2.24) is 0 Å². The standard InChI is InChI=1S/C17H18N2O2/c1-11-7-4-5-8-14(11)17(21)19-16-10-6-9-15(12(16)2)18-13(3)20/h4-10H,1-3H3,(H,18,20)(H,19,21). The summed E-state index contributed by atoms with van der Waals surface area (Å²) in [4.78, 5) is 23.5. The van der Waals surface area contributed by atoms with Crippen LogP contribution in [0.25, 0.3) is 0 Å². The van der Waals surface area contributed by atoms with Gasteiger partial charge in [0.15, 0.2) is 0 Å². The Hall–Kier alpha value is -2.62. The average Bonchev–Trinajstić information content (AvgIpc) is 2.43. The van der Waals surface area contributed by atoms with Crippen molar-refractivity contribution in [3.05, 3.63) is 59.2 Å². The molecular formula is C17H18N2O2. The molecule has 2 N–H and O–H groups in total. The van der Waals surface area contributed by atoms with Crippen molar-refractivity contribution < 1.29 is 9.59 Å². The molecule has 0 radical (unpaired) electrons. The van der Waals surface area contributed by atoms with E-state index in [1.807, 2.05) is 38.1 Å². The summed E-state index contributed by atoms with van der Waals surface area (Å²) in [6.07, 6.45) is 0. The van der Waals surface area contributed by atoms with E-state index in [2.05, 4.69) is 10.6 Å². The fourth-order valence-corrected chi connectivity index (χ4v) is 2.11. The molecule has 2 aromatic carbocycles. The third kappa shape index (κ3) is 3.48. The molecule has 0 spiro atoms. The molecule has 0 aromatic heterocycles. The first-order valence-electron chi connectivity index (χ1n) is 6.73. The molecule has 21 heavy (non-hydrogen) atoms. The summed E-state index contributed by atoms with van der Waals surface area (Å²) in [5, 5.41) is 5.64. The number of hydrogen-bond donors (Lipinski definition) is 2. The molecule has 0 saturated heterocycles. The van der Waals surface area contributed by atoms with Crippen LogP contribution in [0, 0.1) is 13.8 Å². The van der Waals surface area contributed by atoms with E-state index in [-0.39, 0.29) is 11.8 Å². The van der Waals surface area contributed by atoms with Crippen molar-refractivity contribution in [2.75, 3.05) is 10.6 Å². The van der Waals surface area contributed by atoms with Gasteiger partial charge in [0, 0.05) is 23.9 Å². The van der Waals surface area contributed by atoms with Crippen LogP contribution in [0.4, 0.5) is 11.4 Å². The maximum Gasteiger partial charge on any atom is 0.255 e. The van der Waals surface area contributed by atoms with Gasteiger partial charge in [-0.15, -0.1) is 0 Å². The van der Waals surface area contributed by atoms with Gasteiger partial charge in [0.1, 0.15) is 0 Å². The molecule has 108 valence electrons. The Morgan fingerprint density at radius 1 is 0.857 bits per heavy atom. The van der Waals surface area contributed by atoms with Crippen LogP contribution >= 0.6 is 0 Å². The van der Waals surface area contributed by atoms with Crippen LogP contribution in [0.15, 0.2) is 42.5 Å². The van der Waals surface area contributed by atoms with Gasteiger partial charge in [-0.3, -0.25) is 9.59 Å². The van der Waals surface area contributed by atoms with E-state index in [0.29, 0.717) is 16.9 Å². The first-order valence-corrected chi connectivity index (χ1v) is 6.73. The molecule has 2 aromatic rings. The number of carbonyl (C=O) groups is 2. The van der Waals surface area contributed by atoms with Crippen LogP contribution in [0.2, 0.25) is 0 Å². The van der Waals surface area contributed by atoms with Crippen LogP contribution in [0.1, 0.15) is 28.4 Å². The van der Waals surface area contributed by atoms with Gasteiger partial charge in [-0.05, 0) is 43.2 Å². The van der Waals surface area contributed by atoms with Crippen molar-refractivity contribution >= 4 is 23.2 Å². The molecule has 4 nitrogen and oxygen atoms in total. The third-order valence-corrected chi connectivity index (χ3v) is 3.28. The lowest BCUT2D eigenvalue weighted by atomic mass is 10.1. The monoisotopic (exact) mass is 282 g/mol. The number of amides is 2. The fourth-order valence-electron chi connectivity index (χ4n) is 2.11. The van der Waals surface area contributed by atoms with Crippen molar-refractivity contribution in [3.63, 3.8) is 0 Å². The molecule has 0 aliphatic rings. The SMILES string of the molecule is CC(=O)Nc1cccc(NC(=O)c2ccccc2C)c1C. The summed E-state index contributed by atoms with van der Waals surface area (Å²) in [6, 6.07) is 12.8. The molecule has 0 aliphatic carbocycles. The second kappa shape index (κ2) is 6.22. The quantitative estimate of drug-likeness (QED) is 0.905. The molecule has 0 unspecified atom stereocenters. The van der Waals surface area contributed by atoms with Crippen LogP contribution in [0.5, 0.6) is 0 Å². The Morgan fingerprint density at radius 2 is 1.48 bits per heavy atom. The molecule has 0 fully saturated rings. The summed E-state index contributed by atoms with van der Waals surface area (Å²) in [6.45, 7) is 5.21. The second-order valence-electron chi connectivity index (χ2n) is 4.93. The number of aryl methyl sites for hydroxylation is 1. The molecule has 4 heteroatoms. The highest BCUT2D eigenvalue weighted by Crippen LogP contribution is 2.24. The normalized spacial score (nSPS) is 10.0. The summed E-state index contributed by atoms with van der Waals surface area (Å²) in [5.74, 6) is -0.295. The van der Waals surface area contributed by atoms with Crippen LogP contribution in [-0.4, -0.2) is 11.8 Å². The molecular weight excluding hydrogens is 264 g/mol. The smallest absolute Gasteiger partial charge is 0.255 e. The van der Waals surface area contributed by atoms with E-state index in [9.17, 15) is 9.59 Å². The molecule has 0 aliphatic heterocycles. The van der Waals surface area contributed by atoms with Gasteiger partial charge in [-0.25, -0.2) is 0 Å². The maximum atomic E-state index is 12.3. The van der Waals surface area contributed by atoms with E-state index in [1.54, 1.807) is 18.2 Å². The van der Waals surface area contributed by atoms with E-state index >= 15 is 0 Å². The predicted octanol–water partition coefficient (Wildman–Crippen LogP) is 3.51. The Morgan fingerprint density at radius 3 is 2.10 bits per heavy atom. The van der Waals surface area contributed by atoms with Crippen molar-refractivity contribution in [3.8, 4) is 0 Å². The Balaban J connectivity index is 2.26. The largest absolute Gasteiger partial charge is 0.326 e. The summed E-state index contributed by atoms with van der Waals surface area (Å²) in [5.41, 5.74) is 3.78. The van der Waals surface area contributed by atoms with Gasteiger partial charge in [0.05, 0.1) is 0 Å². The van der Waals surface area contributed by atoms with E-state index < -0.39 is 0 Å². The first-order chi connectivity index (χ1) is 9.99. The molecule has 2 rings (SSSR count). The lowest BCUT2D eigenvalue weighted by Gasteiger charge is -2.13. The fraction of sp³-hybridized carbons (Fsp3) is 0.176. The number of benzene rings is 2. The van der Waals surface area contributed by atoms with Gasteiger partial charge in [-0.2, -0.15) is 0 Å². The van der Waals surface area contributed by atoms with E-state index in [0.717, 1.165) is 11.1 Å². The van der Waals surface area contributed by atoms with Crippen molar-refractivity contribution in [2.45, 2.75) is 20.8 Å². The first kappa shape index (κ1) is 14.8. The Labute approximate surface area is 124 Å². The number of nitrogens with one attached hydrogen (secondary N) is 2. The minimum Gasteiger partial charge on any atom is -0.326 e. The molecule has 2 amide bonds. The van der Waals surface area contributed by atoms with Crippen molar-refractivity contribution in [1.29, 1.82) is 0 Å². The van der Waals surface area contributed by atoms with E-state index in [4.69, 9.17) is 0 Å². The van der Waals surface area contributed by atoms with Gasteiger partial charge < -0.3 is 10.6 Å². The maximum absolute atomic E-state index is 12.3. The highest BCUT2D eigenvalue weighted by Gasteiger charge is 2.11. The molecule has 0 bridgehead atoms. The van der Waals surface area contributed by atoms with Gasteiger partial charge in [0.2, 0.25) is 5.91 Å². The highest BCUT2D eigenvalue weighted by atomic mass is 16.2. The number of rotatable bonds is 3. The summed E-state index contributed by atoms with van der Waals surface area (Å²) >= 11 is 0. The summed E-state index contributed by atoms with van der Waals surface area (Å²) in [7, 11) is 0. The third-order valence-electron chi connectivity index (χ3n) is 3.28. The highest BCUT2D eigenvalue weighted by molar-refractivity contribution is 6.06. The number of hydrogen-bond acceptors (Lipinski definition) is 2. The predicted molar refractivity (Wildman–Crippen MR) is 84.6 cm³/mol. The van der Waals surface area contributed by atoms with Crippen LogP contribution in [0.3, 0.4) is 0 Å². The minimum absolute atomic E-state index is 0.138. The number of carbonyl (C=O) groups excluding carboxylic acids is 2. The van der Waals surface area contributed by atoms with Gasteiger partial charge >= 0.3 is 0 Å². The van der Waals surface area contributed by atoms with Crippen LogP contribution in [-0.2, 0) is 4.79 Å². The summed E-state index contributed by atoms with van der Waals surface area (Å²) < 4.78 is 0. The zero-order valence-electron chi connectivity index (χ0n) is 12.4.